The van der Waals surface area contributed by atoms with Crippen molar-refractivity contribution in [2.24, 2.45) is 0 Å². The molecule has 0 heterocycles. The van der Waals surface area contributed by atoms with Gasteiger partial charge in [0.1, 0.15) is 4.99 Å². The smallest absolute Gasteiger partial charge is 0.107 e. The summed E-state index contributed by atoms with van der Waals surface area (Å²) in [7, 11) is 0. The Labute approximate surface area is 130 Å². The molecule has 3 aromatic rings. The van der Waals surface area contributed by atoms with Crippen molar-refractivity contribution >= 4 is 28.0 Å². The SMILES string of the molecule is Cc1ccccc1CNC(=S)c1cccc2ccccc12. The first-order chi connectivity index (χ1) is 10.3. The van der Waals surface area contributed by atoms with Crippen LogP contribution in [0.25, 0.3) is 10.8 Å². The molecule has 0 aliphatic heterocycles. The van der Waals surface area contributed by atoms with Crippen LogP contribution in [0.1, 0.15) is 16.7 Å². The van der Waals surface area contributed by atoms with Gasteiger partial charge < -0.3 is 5.32 Å². The number of fused-ring (bicyclic) bond motifs is 1. The van der Waals surface area contributed by atoms with Gasteiger partial charge in [-0.1, -0.05) is 78.9 Å². The summed E-state index contributed by atoms with van der Waals surface area (Å²) in [6, 6.07) is 23.0. The molecule has 0 saturated carbocycles. The highest BCUT2D eigenvalue weighted by Gasteiger charge is 2.06. The molecule has 3 rings (SSSR count). The fourth-order valence-electron chi connectivity index (χ4n) is 2.50. The third-order valence-corrected chi connectivity index (χ3v) is 4.10. The summed E-state index contributed by atoms with van der Waals surface area (Å²) in [5.74, 6) is 0. The molecule has 1 N–H and O–H groups in total. The van der Waals surface area contributed by atoms with Gasteiger partial charge in [-0.15, -0.1) is 0 Å². The van der Waals surface area contributed by atoms with Gasteiger partial charge in [-0.2, -0.15) is 0 Å². The Balaban J connectivity index is 1.83. The number of hydrogen-bond donors (Lipinski definition) is 1. The van der Waals surface area contributed by atoms with Gasteiger partial charge in [-0.25, -0.2) is 0 Å². The van der Waals surface area contributed by atoms with Gasteiger partial charge in [-0.05, 0) is 28.8 Å². The Morgan fingerprint density at radius 3 is 2.48 bits per heavy atom. The molecule has 0 aliphatic carbocycles. The van der Waals surface area contributed by atoms with Gasteiger partial charge in [0.2, 0.25) is 0 Å². The van der Waals surface area contributed by atoms with Crippen molar-refractivity contribution in [2.45, 2.75) is 13.5 Å². The third kappa shape index (κ3) is 2.96. The molecule has 104 valence electrons. The first-order valence-corrected chi connectivity index (χ1v) is 7.47. The predicted octanol–water partition coefficient (Wildman–Crippen LogP) is 4.61. The van der Waals surface area contributed by atoms with Gasteiger partial charge in [0.15, 0.2) is 0 Å². The average Bonchev–Trinajstić information content (AvgIpc) is 2.53. The number of thiocarbonyl (C=S) groups is 1. The first kappa shape index (κ1) is 13.8. The minimum absolute atomic E-state index is 0.759. The van der Waals surface area contributed by atoms with E-state index in [1.54, 1.807) is 0 Å². The molecule has 0 unspecified atom stereocenters. The fourth-order valence-corrected chi connectivity index (χ4v) is 2.75. The van der Waals surface area contributed by atoms with Gasteiger partial charge in [0.25, 0.3) is 0 Å². The van der Waals surface area contributed by atoms with E-state index in [4.69, 9.17) is 12.2 Å². The van der Waals surface area contributed by atoms with E-state index < -0.39 is 0 Å². The Morgan fingerprint density at radius 1 is 0.905 bits per heavy atom. The van der Waals surface area contributed by atoms with Crippen LogP contribution in [-0.2, 0) is 6.54 Å². The Bertz CT molecular complexity index is 787. The van der Waals surface area contributed by atoms with E-state index in [2.05, 4.69) is 79.0 Å². The molecule has 0 saturated heterocycles. The number of rotatable bonds is 3. The molecule has 0 spiro atoms. The van der Waals surface area contributed by atoms with Crippen LogP contribution < -0.4 is 5.32 Å². The highest BCUT2D eigenvalue weighted by Crippen LogP contribution is 2.19. The Kier molecular flexibility index (Phi) is 3.98. The molecule has 3 aromatic carbocycles. The van der Waals surface area contributed by atoms with Gasteiger partial charge >= 0.3 is 0 Å². The first-order valence-electron chi connectivity index (χ1n) is 7.06. The molecular weight excluding hydrogens is 274 g/mol. The summed E-state index contributed by atoms with van der Waals surface area (Å²) < 4.78 is 0. The van der Waals surface area contributed by atoms with E-state index in [0.717, 1.165) is 17.1 Å². The standard InChI is InChI=1S/C19H17NS/c1-14-7-2-3-9-16(14)13-20-19(21)18-12-6-10-15-8-4-5-11-17(15)18/h2-12H,13H2,1H3,(H,20,21). The maximum atomic E-state index is 5.58. The Hall–Kier alpha value is -2.19. The average molecular weight is 291 g/mol. The lowest BCUT2D eigenvalue weighted by molar-refractivity contribution is 0.919. The Morgan fingerprint density at radius 2 is 1.62 bits per heavy atom. The van der Waals surface area contributed by atoms with Crippen LogP contribution >= 0.6 is 12.2 Å². The van der Waals surface area contributed by atoms with E-state index in [9.17, 15) is 0 Å². The van der Waals surface area contributed by atoms with E-state index in [0.29, 0.717) is 0 Å². The minimum atomic E-state index is 0.759. The summed E-state index contributed by atoms with van der Waals surface area (Å²) in [4.78, 5) is 0.801. The second kappa shape index (κ2) is 6.06. The van der Waals surface area contributed by atoms with Crippen LogP contribution in [-0.4, -0.2) is 4.99 Å². The summed E-state index contributed by atoms with van der Waals surface area (Å²) in [5.41, 5.74) is 3.66. The second-order valence-electron chi connectivity index (χ2n) is 5.14. The van der Waals surface area contributed by atoms with Crippen molar-refractivity contribution in [3.63, 3.8) is 0 Å². The summed E-state index contributed by atoms with van der Waals surface area (Å²) in [6.45, 7) is 2.88. The fraction of sp³-hybridized carbons (Fsp3) is 0.105. The van der Waals surface area contributed by atoms with Gasteiger partial charge in [0, 0.05) is 12.1 Å². The van der Waals surface area contributed by atoms with Crippen LogP contribution in [0.4, 0.5) is 0 Å². The van der Waals surface area contributed by atoms with Crippen LogP contribution in [0.15, 0.2) is 66.7 Å². The molecule has 0 bridgehead atoms. The monoisotopic (exact) mass is 291 g/mol. The summed E-state index contributed by atoms with van der Waals surface area (Å²) in [5, 5.41) is 5.79. The zero-order valence-electron chi connectivity index (χ0n) is 12.0. The molecule has 0 radical (unpaired) electrons. The summed E-state index contributed by atoms with van der Waals surface area (Å²) in [6.07, 6.45) is 0. The zero-order valence-corrected chi connectivity index (χ0v) is 12.8. The van der Waals surface area contributed by atoms with Crippen molar-refractivity contribution < 1.29 is 0 Å². The predicted molar refractivity (Wildman–Crippen MR) is 93.7 cm³/mol. The molecular formula is C19H17NS. The maximum absolute atomic E-state index is 5.58. The molecule has 0 aromatic heterocycles. The van der Waals surface area contributed by atoms with Crippen LogP contribution in [0, 0.1) is 6.92 Å². The number of hydrogen-bond acceptors (Lipinski definition) is 1. The molecule has 0 fully saturated rings. The van der Waals surface area contributed by atoms with Crippen LogP contribution in [0.3, 0.4) is 0 Å². The lowest BCUT2D eigenvalue weighted by atomic mass is 10.0. The van der Waals surface area contributed by atoms with Crippen molar-refractivity contribution in [1.29, 1.82) is 0 Å². The number of benzene rings is 3. The molecule has 0 atom stereocenters. The third-order valence-electron chi connectivity index (χ3n) is 3.73. The van der Waals surface area contributed by atoms with Gasteiger partial charge in [-0.3, -0.25) is 0 Å². The lowest BCUT2D eigenvalue weighted by Gasteiger charge is -2.12. The van der Waals surface area contributed by atoms with Crippen molar-refractivity contribution in [3.05, 3.63) is 83.4 Å². The normalized spacial score (nSPS) is 10.5. The van der Waals surface area contributed by atoms with E-state index in [1.165, 1.54) is 21.9 Å². The number of aryl methyl sites for hydroxylation is 1. The molecule has 2 heteroatoms. The largest absolute Gasteiger partial charge is 0.372 e. The minimum Gasteiger partial charge on any atom is -0.372 e. The zero-order chi connectivity index (χ0) is 14.7. The molecule has 21 heavy (non-hydrogen) atoms. The van der Waals surface area contributed by atoms with Crippen LogP contribution in [0.5, 0.6) is 0 Å². The van der Waals surface area contributed by atoms with Gasteiger partial charge in [0.05, 0.1) is 0 Å². The molecule has 1 nitrogen and oxygen atoms in total. The number of nitrogens with one attached hydrogen (secondary N) is 1. The summed E-state index contributed by atoms with van der Waals surface area (Å²) >= 11 is 5.58. The van der Waals surface area contributed by atoms with E-state index in [1.807, 2.05) is 0 Å². The lowest BCUT2D eigenvalue weighted by Crippen LogP contribution is -2.22. The van der Waals surface area contributed by atoms with Crippen molar-refractivity contribution in [1.82, 2.24) is 5.32 Å². The highest BCUT2D eigenvalue weighted by molar-refractivity contribution is 7.80. The topological polar surface area (TPSA) is 12.0 Å². The maximum Gasteiger partial charge on any atom is 0.107 e. The van der Waals surface area contributed by atoms with Crippen LogP contribution in [0.2, 0.25) is 0 Å². The van der Waals surface area contributed by atoms with Crippen molar-refractivity contribution in [2.75, 3.05) is 0 Å². The van der Waals surface area contributed by atoms with E-state index >= 15 is 0 Å². The second-order valence-corrected chi connectivity index (χ2v) is 5.54. The molecule has 0 aliphatic rings. The quantitative estimate of drug-likeness (QED) is 0.707. The molecule has 0 amide bonds. The highest BCUT2D eigenvalue weighted by atomic mass is 32.1. The van der Waals surface area contributed by atoms with Crippen molar-refractivity contribution in [3.8, 4) is 0 Å². The van der Waals surface area contributed by atoms with E-state index in [-0.39, 0.29) is 0 Å².